The third-order valence-corrected chi connectivity index (χ3v) is 3.71. The van der Waals surface area contributed by atoms with E-state index in [-0.39, 0.29) is 0 Å². The van der Waals surface area contributed by atoms with Gasteiger partial charge in [-0.25, -0.2) is 0 Å². The molecule has 1 aromatic rings. The summed E-state index contributed by atoms with van der Waals surface area (Å²) in [4.78, 5) is 3.44. The molecule has 0 spiro atoms. The van der Waals surface area contributed by atoms with Crippen LogP contribution in [-0.4, -0.2) is 24.9 Å². The minimum atomic E-state index is 0.336. The highest BCUT2D eigenvalue weighted by Crippen LogP contribution is 2.30. The van der Waals surface area contributed by atoms with Crippen LogP contribution in [0.5, 0.6) is 0 Å². The summed E-state index contributed by atoms with van der Waals surface area (Å²) in [6, 6.07) is 4.51. The molecule has 1 nitrogen and oxygen atoms in total. The molecule has 0 bridgehead atoms. The van der Waals surface area contributed by atoms with Gasteiger partial charge in [0.1, 0.15) is 0 Å². The first kappa shape index (κ1) is 10.5. The summed E-state index contributed by atoms with van der Waals surface area (Å²) >= 11 is 11.0. The van der Waals surface area contributed by atoms with Crippen molar-refractivity contribution < 1.29 is 0 Å². The summed E-state index contributed by atoms with van der Waals surface area (Å²) in [6.07, 6.45) is 0. The zero-order valence-corrected chi connectivity index (χ0v) is 10.2. The highest BCUT2D eigenvalue weighted by Gasteiger charge is 2.14. The number of rotatable bonds is 3. The summed E-state index contributed by atoms with van der Waals surface area (Å²) in [5.41, 5.74) is 0. The predicted octanol–water partition coefficient (Wildman–Crippen LogP) is 3.35. The third kappa shape index (κ3) is 2.46. The van der Waals surface area contributed by atoms with Gasteiger partial charge in [-0.1, -0.05) is 0 Å². The number of hydrogen-bond acceptors (Lipinski definition) is 2. The number of alkyl halides is 1. The lowest BCUT2D eigenvalue weighted by molar-refractivity contribution is 0.329. The average molecular weight is 269 g/mol. The van der Waals surface area contributed by atoms with Crippen LogP contribution >= 0.6 is 38.9 Å². The highest BCUT2D eigenvalue weighted by atomic mass is 79.9. The standard InChI is InChI=1S/C8H11BrClNS/c1-11(2)6(5-10)7-3-4-8(9)12-7/h3-4,6H,5H2,1-2H3. The Balaban J connectivity index is 2.80. The molecule has 0 saturated carbocycles. The van der Waals surface area contributed by atoms with Gasteiger partial charge in [-0.05, 0) is 42.2 Å². The molecular formula is C8H11BrClNS. The number of hydrogen-bond donors (Lipinski definition) is 0. The summed E-state index contributed by atoms with van der Waals surface area (Å²) in [5.74, 6) is 0.639. The van der Waals surface area contributed by atoms with Crippen LogP contribution in [0, 0.1) is 0 Å². The fourth-order valence-electron chi connectivity index (χ4n) is 0.976. The molecule has 1 heterocycles. The van der Waals surface area contributed by atoms with E-state index >= 15 is 0 Å². The lowest BCUT2D eigenvalue weighted by atomic mass is 10.2. The van der Waals surface area contributed by atoms with Crippen LogP contribution in [-0.2, 0) is 0 Å². The number of thiophene rings is 1. The van der Waals surface area contributed by atoms with Crippen LogP contribution in [0.2, 0.25) is 0 Å². The van der Waals surface area contributed by atoms with E-state index in [2.05, 4.69) is 33.0 Å². The lowest BCUT2D eigenvalue weighted by Gasteiger charge is -2.20. The van der Waals surface area contributed by atoms with Crippen LogP contribution < -0.4 is 0 Å². The second-order valence-corrected chi connectivity index (χ2v) is 5.58. The maximum Gasteiger partial charge on any atom is 0.0702 e. The Bertz CT molecular complexity index is 249. The van der Waals surface area contributed by atoms with Crippen molar-refractivity contribution in [2.75, 3.05) is 20.0 Å². The van der Waals surface area contributed by atoms with E-state index in [4.69, 9.17) is 11.6 Å². The van der Waals surface area contributed by atoms with Gasteiger partial charge in [0, 0.05) is 10.8 Å². The fourth-order valence-corrected chi connectivity index (χ4v) is 3.13. The fraction of sp³-hybridized carbons (Fsp3) is 0.500. The Kier molecular flexibility index (Phi) is 4.03. The molecule has 0 aliphatic rings. The van der Waals surface area contributed by atoms with Crippen molar-refractivity contribution in [3.8, 4) is 0 Å². The molecule has 1 unspecified atom stereocenters. The van der Waals surface area contributed by atoms with Crippen LogP contribution in [0.25, 0.3) is 0 Å². The van der Waals surface area contributed by atoms with Gasteiger partial charge in [0.25, 0.3) is 0 Å². The topological polar surface area (TPSA) is 3.24 Å². The molecule has 1 aromatic heterocycles. The molecule has 12 heavy (non-hydrogen) atoms. The van der Waals surface area contributed by atoms with Gasteiger partial charge in [-0.15, -0.1) is 22.9 Å². The molecule has 0 N–H and O–H groups in total. The Morgan fingerprint density at radius 1 is 1.58 bits per heavy atom. The second-order valence-electron chi connectivity index (χ2n) is 2.78. The van der Waals surface area contributed by atoms with Crippen molar-refractivity contribution >= 4 is 38.9 Å². The molecule has 0 aliphatic carbocycles. The Hall–Kier alpha value is 0.430. The lowest BCUT2D eigenvalue weighted by Crippen LogP contribution is -2.20. The van der Waals surface area contributed by atoms with E-state index in [0.29, 0.717) is 11.9 Å². The smallest absolute Gasteiger partial charge is 0.0702 e. The van der Waals surface area contributed by atoms with E-state index in [1.165, 1.54) is 4.88 Å². The van der Waals surface area contributed by atoms with Crippen molar-refractivity contribution in [3.05, 3.63) is 20.8 Å². The molecule has 0 fully saturated rings. The van der Waals surface area contributed by atoms with Crippen molar-refractivity contribution in [1.29, 1.82) is 0 Å². The van der Waals surface area contributed by atoms with Gasteiger partial charge in [-0.2, -0.15) is 0 Å². The monoisotopic (exact) mass is 267 g/mol. The molecule has 0 aromatic carbocycles. The maximum atomic E-state index is 5.86. The van der Waals surface area contributed by atoms with Crippen molar-refractivity contribution in [1.82, 2.24) is 4.90 Å². The first-order chi connectivity index (χ1) is 5.65. The molecule has 1 atom stereocenters. The predicted molar refractivity (Wildman–Crippen MR) is 59.2 cm³/mol. The Morgan fingerprint density at radius 3 is 2.58 bits per heavy atom. The van der Waals surface area contributed by atoms with Crippen LogP contribution in [0.15, 0.2) is 15.9 Å². The zero-order chi connectivity index (χ0) is 9.14. The summed E-state index contributed by atoms with van der Waals surface area (Å²) in [5, 5.41) is 0. The summed E-state index contributed by atoms with van der Waals surface area (Å²) in [6.45, 7) is 0. The largest absolute Gasteiger partial charge is 0.301 e. The van der Waals surface area contributed by atoms with Gasteiger partial charge in [0.2, 0.25) is 0 Å². The van der Waals surface area contributed by atoms with Crippen LogP contribution in [0.4, 0.5) is 0 Å². The van der Waals surface area contributed by atoms with Gasteiger partial charge in [0.15, 0.2) is 0 Å². The molecule has 68 valence electrons. The second kappa shape index (κ2) is 4.61. The molecule has 0 amide bonds. The molecule has 0 radical (unpaired) electrons. The summed E-state index contributed by atoms with van der Waals surface area (Å²) < 4.78 is 1.16. The van der Waals surface area contributed by atoms with Gasteiger partial charge in [0.05, 0.1) is 9.83 Å². The van der Waals surface area contributed by atoms with Gasteiger partial charge in [-0.3, -0.25) is 0 Å². The van der Waals surface area contributed by atoms with E-state index in [0.717, 1.165) is 3.79 Å². The normalized spacial score (nSPS) is 13.8. The quantitative estimate of drug-likeness (QED) is 0.760. The molecule has 0 aliphatic heterocycles. The van der Waals surface area contributed by atoms with E-state index < -0.39 is 0 Å². The number of halogens is 2. The van der Waals surface area contributed by atoms with Gasteiger partial charge < -0.3 is 4.90 Å². The zero-order valence-electron chi connectivity index (χ0n) is 7.05. The first-order valence-electron chi connectivity index (χ1n) is 3.62. The van der Waals surface area contributed by atoms with Crippen molar-refractivity contribution in [3.63, 3.8) is 0 Å². The number of nitrogens with zero attached hydrogens (tertiary/aromatic N) is 1. The minimum absolute atomic E-state index is 0.336. The molecular weight excluding hydrogens is 258 g/mol. The molecule has 1 rings (SSSR count). The molecule has 4 heteroatoms. The van der Waals surface area contributed by atoms with Crippen molar-refractivity contribution in [2.24, 2.45) is 0 Å². The Morgan fingerprint density at radius 2 is 2.25 bits per heavy atom. The van der Waals surface area contributed by atoms with Crippen LogP contribution in [0.1, 0.15) is 10.9 Å². The summed E-state index contributed by atoms with van der Waals surface area (Å²) in [7, 11) is 4.08. The molecule has 0 saturated heterocycles. The highest BCUT2D eigenvalue weighted by molar-refractivity contribution is 9.11. The van der Waals surface area contributed by atoms with Crippen molar-refractivity contribution in [2.45, 2.75) is 6.04 Å². The SMILES string of the molecule is CN(C)C(CCl)c1ccc(Br)s1. The third-order valence-electron chi connectivity index (χ3n) is 1.69. The average Bonchev–Trinajstić information content (AvgIpc) is 2.37. The van der Waals surface area contributed by atoms with Gasteiger partial charge >= 0.3 is 0 Å². The van der Waals surface area contributed by atoms with Crippen LogP contribution in [0.3, 0.4) is 0 Å². The van der Waals surface area contributed by atoms with E-state index in [1.54, 1.807) is 11.3 Å². The Labute approximate surface area is 90.5 Å². The van der Waals surface area contributed by atoms with E-state index in [1.807, 2.05) is 14.1 Å². The van der Waals surface area contributed by atoms with E-state index in [9.17, 15) is 0 Å². The first-order valence-corrected chi connectivity index (χ1v) is 5.77. The minimum Gasteiger partial charge on any atom is -0.301 e. The maximum absolute atomic E-state index is 5.86.